The highest BCUT2D eigenvalue weighted by Crippen LogP contribution is 2.27. The topological polar surface area (TPSA) is 46.3 Å². The molecule has 1 saturated heterocycles. The van der Waals surface area contributed by atoms with E-state index in [9.17, 15) is 4.79 Å². The number of hydrogen-bond donors (Lipinski definition) is 1. The maximum Gasteiger partial charge on any atom is 0.254 e. The van der Waals surface area contributed by atoms with Crippen LogP contribution in [0.2, 0.25) is 0 Å². The molecule has 1 amide bonds. The summed E-state index contributed by atoms with van der Waals surface area (Å²) in [4.78, 5) is 14.8. The van der Waals surface area contributed by atoms with Crippen molar-refractivity contribution in [1.29, 1.82) is 0 Å². The molecule has 0 spiro atoms. The molecular formula is C17H26N2O. The van der Waals surface area contributed by atoms with Crippen LogP contribution in [0.5, 0.6) is 0 Å². The third-order valence-corrected chi connectivity index (χ3v) is 4.56. The smallest absolute Gasteiger partial charge is 0.254 e. The molecule has 0 radical (unpaired) electrons. The Morgan fingerprint density at radius 3 is 2.80 bits per heavy atom. The molecular weight excluding hydrogens is 248 g/mol. The van der Waals surface area contributed by atoms with Crippen LogP contribution in [0.25, 0.3) is 0 Å². The molecule has 2 atom stereocenters. The highest BCUT2D eigenvalue weighted by molar-refractivity contribution is 5.96. The molecule has 2 N–H and O–H groups in total. The Morgan fingerprint density at radius 1 is 1.40 bits per heavy atom. The zero-order valence-electron chi connectivity index (χ0n) is 12.9. The van der Waals surface area contributed by atoms with Crippen LogP contribution < -0.4 is 5.73 Å². The lowest BCUT2D eigenvalue weighted by Crippen LogP contribution is -2.49. The van der Waals surface area contributed by atoms with Crippen LogP contribution in [-0.2, 0) is 0 Å². The van der Waals surface area contributed by atoms with E-state index in [1.165, 1.54) is 6.42 Å². The van der Waals surface area contributed by atoms with Gasteiger partial charge in [-0.3, -0.25) is 4.79 Å². The standard InChI is InChI=1S/C17H26N2O/c1-4-14-7-8-19(15(10-14)11-18)17(20)16-9-12(2)5-6-13(16)3/h5-6,9,14-15H,4,7-8,10-11,18H2,1-3H3. The molecule has 20 heavy (non-hydrogen) atoms. The van der Waals surface area contributed by atoms with Gasteiger partial charge in [0.2, 0.25) is 0 Å². The zero-order chi connectivity index (χ0) is 14.7. The quantitative estimate of drug-likeness (QED) is 0.921. The Morgan fingerprint density at radius 2 is 2.15 bits per heavy atom. The van der Waals surface area contributed by atoms with Crippen molar-refractivity contribution >= 4 is 5.91 Å². The van der Waals surface area contributed by atoms with Gasteiger partial charge in [-0.05, 0) is 44.2 Å². The monoisotopic (exact) mass is 274 g/mol. The number of hydrogen-bond acceptors (Lipinski definition) is 2. The lowest BCUT2D eigenvalue weighted by atomic mass is 9.88. The lowest BCUT2D eigenvalue weighted by molar-refractivity contribution is 0.0557. The fourth-order valence-electron chi connectivity index (χ4n) is 3.12. The average molecular weight is 274 g/mol. The minimum atomic E-state index is 0.149. The summed E-state index contributed by atoms with van der Waals surface area (Å²) in [6.45, 7) is 7.66. The number of likely N-dealkylation sites (tertiary alicyclic amines) is 1. The summed E-state index contributed by atoms with van der Waals surface area (Å²) in [5.74, 6) is 0.863. The van der Waals surface area contributed by atoms with Gasteiger partial charge in [-0.15, -0.1) is 0 Å². The molecule has 110 valence electrons. The predicted molar refractivity (Wildman–Crippen MR) is 82.8 cm³/mol. The second-order valence-corrected chi connectivity index (χ2v) is 6.01. The maximum atomic E-state index is 12.8. The second kappa shape index (κ2) is 6.40. The summed E-state index contributed by atoms with van der Waals surface area (Å²) in [5.41, 5.74) is 8.91. The van der Waals surface area contributed by atoms with Crippen molar-refractivity contribution in [3.05, 3.63) is 34.9 Å². The number of carbonyl (C=O) groups is 1. The molecule has 1 fully saturated rings. The Bertz CT molecular complexity index is 484. The van der Waals surface area contributed by atoms with Crippen LogP contribution in [0.4, 0.5) is 0 Å². The number of benzene rings is 1. The first-order valence-electron chi connectivity index (χ1n) is 7.65. The van der Waals surface area contributed by atoms with Crippen molar-refractivity contribution in [2.45, 2.75) is 46.1 Å². The molecule has 2 unspecified atom stereocenters. The molecule has 1 heterocycles. The molecule has 3 nitrogen and oxygen atoms in total. The number of carbonyl (C=O) groups excluding carboxylic acids is 1. The first-order valence-corrected chi connectivity index (χ1v) is 7.65. The molecule has 3 heteroatoms. The molecule has 1 aromatic carbocycles. The molecule has 0 bridgehead atoms. The third-order valence-electron chi connectivity index (χ3n) is 4.56. The van der Waals surface area contributed by atoms with Crippen LogP contribution >= 0.6 is 0 Å². The Balaban J connectivity index is 2.21. The number of aryl methyl sites for hydroxylation is 2. The van der Waals surface area contributed by atoms with Gasteiger partial charge in [0.1, 0.15) is 0 Å². The van der Waals surface area contributed by atoms with Crippen LogP contribution in [0.15, 0.2) is 18.2 Å². The van der Waals surface area contributed by atoms with E-state index in [0.29, 0.717) is 12.5 Å². The first kappa shape index (κ1) is 15.0. The van der Waals surface area contributed by atoms with Crippen molar-refractivity contribution in [3.8, 4) is 0 Å². The number of nitrogens with two attached hydrogens (primary N) is 1. The molecule has 2 rings (SSSR count). The summed E-state index contributed by atoms with van der Waals surface area (Å²) in [6.07, 6.45) is 3.33. The largest absolute Gasteiger partial charge is 0.334 e. The summed E-state index contributed by atoms with van der Waals surface area (Å²) in [6, 6.07) is 6.27. The van der Waals surface area contributed by atoms with Gasteiger partial charge in [0, 0.05) is 24.7 Å². The van der Waals surface area contributed by atoms with Gasteiger partial charge in [-0.2, -0.15) is 0 Å². The van der Waals surface area contributed by atoms with E-state index in [4.69, 9.17) is 5.73 Å². The van der Waals surface area contributed by atoms with E-state index in [2.05, 4.69) is 13.0 Å². The van der Waals surface area contributed by atoms with Crippen molar-refractivity contribution in [3.63, 3.8) is 0 Å². The Labute approximate surface area is 122 Å². The van der Waals surface area contributed by atoms with Gasteiger partial charge < -0.3 is 10.6 Å². The predicted octanol–water partition coefficient (Wildman–Crippen LogP) is 2.89. The van der Waals surface area contributed by atoms with Crippen LogP contribution in [0.1, 0.15) is 47.7 Å². The van der Waals surface area contributed by atoms with Gasteiger partial charge in [0.05, 0.1) is 0 Å². The SMILES string of the molecule is CCC1CCN(C(=O)c2cc(C)ccc2C)C(CN)C1. The first-order chi connectivity index (χ1) is 9.56. The average Bonchev–Trinajstić information content (AvgIpc) is 2.48. The summed E-state index contributed by atoms with van der Waals surface area (Å²) in [7, 11) is 0. The summed E-state index contributed by atoms with van der Waals surface area (Å²) >= 11 is 0. The molecule has 0 aromatic heterocycles. The van der Waals surface area contributed by atoms with Gasteiger partial charge in [-0.25, -0.2) is 0 Å². The summed E-state index contributed by atoms with van der Waals surface area (Å²) < 4.78 is 0. The number of amides is 1. The van der Waals surface area contributed by atoms with Crippen LogP contribution in [0, 0.1) is 19.8 Å². The number of piperidine rings is 1. The Hall–Kier alpha value is -1.35. The minimum Gasteiger partial charge on any atom is -0.334 e. The van der Waals surface area contributed by atoms with Crippen molar-refractivity contribution < 1.29 is 4.79 Å². The van der Waals surface area contributed by atoms with Crippen molar-refractivity contribution in [2.75, 3.05) is 13.1 Å². The third kappa shape index (κ3) is 3.04. The van der Waals surface area contributed by atoms with Crippen LogP contribution in [0.3, 0.4) is 0 Å². The van der Waals surface area contributed by atoms with E-state index < -0.39 is 0 Å². The van der Waals surface area contributed by atoms with Crippen molar-refractivity contribution in [2.24, 2.45) is 11.7 Å². The van der Waals surface area contributed by atoms with Gasteiger partial charge in [0.25, 0.3) is 5.91 Å². The number of rotatable bonds is 3. The summed E-state index contributed by atoms with van der Waals surface area (Å²) in [5, 5.41) is 0. The van der Waals surface area contributed by atoms with Crippen LogP contribution in [-0.4, -0.2) is 29.9 Å². The highest BCUT2D eigenvalue weighted by Gasteiger charge is 2.31. The van der Waals surface area contributed by atoms with E-state index in [1.807, 2.05) is 30.9 Å². The van der Waals surface area contributed by atoms with E-state index in [1.54, 1.807) is 0 Å². The van der Waals surface area contributed by atoms with Crippen molar-refractivity contribution in [1.82, 2.24) is 4.90 Å². The number of nitrogens with zero attached hydrogens (tertiary/aromatic N) is 1. The fourth-order valence-corrected chi connectivity index (χ4v) is 3.12. The maximum absolute atomic E-state index is 12.8. The lowest BCUT2D eigenvalue weighted by Gasteiger charge is -2.39. The van der Waals surface area contributed by atoms with Gasteiger partial charge in [0.15, 0.2) is 0 Å². The van der Waals surface area contributed by atoms with E-state index in [-0.39, 0.29) is 11.9 Å². The second-order valence-electron chi connectivity index (χ2n) is 6.01. The molecule has 0 aliphatic carbocycles. The zero-order valence-corrected chi connectivity index (χ0v) is 12.9. The van der Waals surface area contributed by atoms with Gasteiger partial charge in [-0.1, -0.05) is 31.0 Å². The van der Waals surface area contributed by atoms with E-state index >= 15 is 0 Å². The molecule has 0 saturated carbocycles. The Kier molecular flexibility index (Phi) is 4.81. The minimum absolute atomic E-state index is 0.149. The molecule has 1 aromatic rings. The van der Waals surface area contributed by atoms with Gasteiger partial charge >= 0.3 is 0 Å². The molecule has 1 aliphatic rings. The fraction of sp³-hybridized carbons (Fsp3) is 0.588. The molecule has 1 aliphatic heterocycles. The van der Waals surface area contributed by atoms with E-state index in [0.717, 1.165) is 36.1 Å². The highest BCUT2D eigenvalue weighted by atomic mass is 16.2. The normalized spacial score (nSPS) is 22.9.